The van der Waals surface area contributed by atoms with Crippen molar-refractivity contribution >= 4 is 40.3 Å². The number of rotatable bonds is 2. The van der Waals surface area contributed by atoms with Gasteiger partial charge in [0.1, 0.15) is 0 Å². The third-order valence-electron chi connectivity index (χ3n) is 2.51. The first-order valence-corrected chi connectivity index (χ1v) is 6.26. The maximum absolute atomic E-state index is 13.6. The number of nitrogens with zero attached hydrogens (tertiary/aromatic N) is 2. The molecule has 0 aromatic carbocycles. The van der Waals surface area contributed by atoms with Crippen molar-refractivity contribution in [3.8, 4) is 0 Å². The largest absolute Gasteiger partial charge is 0.294 e. The number of anilines is 1. The van der Waals surface area contributed by atoms with Gasteiger partial charge in [0.05, 0.1) is 0 Å². The monoisotopic (exact) mass is 304 g/mol. The van der Waals surface area contributed by atoms with Crippen LogP contribution in [0, 0.1) is 11.7 Å². The molecule has 0 bridgehead atoms. The highest BCUT2D eigenvalue weighted by molar-refractivity contribution is 9.10. The fourth-order valence-corrected chi connectivity index (χ4v) is 2.26. The molecule has 1 aliphatic rings. The van der Waals surface area contributed by atoms with E-state index in [2.05, 4.69) is 33.5 Å². The number of hydrogen-bond acceptors (Lipinski definition) is 3. The molecule has 2 rings (SSSR count). The zero-order chi connectivity index (χ0) is 11.7. The SMILES string of the molecule is O=C1CC(CS)CN1c1ncc(Br)cc1F. The highest BCUT2D eigenvalue weighted by atomic mass is 79.9. The lowest BCUT2D eigenvalue weighted by molar-refractivity contribution is -0.117. The molecule has 0 aliphatic carbocycles. The Hall–Kier alpha value is -0.620. The van der Waals surface area contributed by atoms with Crippen molar-refractivity contribution in [2.75, 3.05) is 17.2 Å². The molecule has 0 saturated carbocycles. The van der Waals surface area contributed by atoms with Crippen molar-refractivity contribution < 1.29 is 9.18 Å². The van der Waals surface area contributed by atoms with Gasteiger partial charge in [0.2, 0.25) is 5.91 Å². The van der Waals surface area contributed by atoms with Crippen molar-refractivity contribution in [3.63, 3.8) is 0 Å². The molecule has 1 atom stereocenters. The Balaban J connectivity index is 2.28. The first kappa shape index (κ1) is 11.9. The van der Waals surface area contributed by atoms with Gasteiger partial charge in [-0.2, -0.15) is 12.6 Å². The van der Waals surface area contributed by atoms with Gasteiger partial charge in [-0.1, -0.05) is 0 Å². The van der Waals surface area contributed by atoms with Crippen LogP contribution in [0.5, 0.6) is 0 Å². The molecule has 1 aromatic rings. The van der Waals surface area contributed by atoms with Crippen LogP contribution in [0.3, 0.4) is 0 Å². The summed E-state index contributed by atoms with van der Waals surface area (Å²) < 4.78 is 14.2. The average Bonchev–Trinajstić information content (AvgIpc) is 2.60. The van der Waals surface area contributed by atoms with Crippen LogP contribution >= 0.6 is 28.6 Å². The summed E-state index contributed by atoms with van der Waals surface area (Å²) in [6, 6.07) is 1.31. The Morgan fingerprint density at radius 1 is 1.69 bits per heavy atom. The minimum atomic E-state index is -0.484. The van der Waals surface area contributed by atoms with Crippen molar-refractivity contribution in [2.24, 2.45) is 5.92 Å². The molecule has 0 radical (unpaired) electrons. The summed E-state index contributed by atoms with van der Waals surface area (Å²) in [5.74, 6) is 0.342. The first-order valence-electron chi connectivity index (χ1n) is 4.84. The van der Waals surface area contributed by atoms with E-state index in [0.29, 0.717) is 23.2 Å². The molecule has 1 fully saturated rings. The van der Waals surface area contributed by atoms with Gasteiger partial charge in [-0.3, -0.25) is 9.69 Å². The fraction of sp³-hybridized carbons (Fsp3) is 0.400. The number of hydrogen-bond donors (Lipinski definition) is 1. The Morgan fingerprint density at radius 3 is 3.00 bits per heavy atom. The van der Waals surface area contributed by atoms with Gasteiger partial charge in [0.15, 0.2) is 11.6 Å². The maximum atomic E-state index is 13.6. The molecule has 1 amide bonds. The molecular weight excluding hydrogens is 295 g/mol. The summed E-state index contributed by atoms with van der Waals surface area (Å²) in [6.45, 7) is 0.494. The van der Waals surface area contributed by atoms with Gasteiger partial charge < -0.3 is 0 Å². The van der Waals surface area contributed by atoms with Gasteiger partial charge in [-0.15, -0.1) is 0 Å². The molecule has 0 spiro atoms. The van der Waals surface area contributed by atoms with E-state index in [4.69, 9.17) is 0 Å². The number of carbonyl (C=O) groups is 1. The third-order valence-corrected chi connectivity index (χ3v) is 3.46. The third kappa shape index (κ3) is 2.22. The van der Waals surface area contributed by atoms with Crippen LogP contribution in [0.1, 0.15) is 6.42 Å². The Labute approximate surface area is 107 Å². The second-order valence-corrected chi connectivity index (χ2v) is 5.00. The Kier molecular flexibility index (Phi) is 3.49. The number of halogens is 2. The average molecular weight is 305 g/mol. The van der Waals surface area contributed by atoms with Gasteiger partial charge in [0, 0.05) is 23.6 Å². The lowest BCUT2D eigenvalue weighted by atomic mass is 10.1. The van der Waals surface area contributed by atoms with E-state index in [9.17, 15) is 9.18 Å². The van der Waals surface area contributed by atoms with Crippen LogP contribution in [0.25, 0.3) is 0 Å². The predicted octanol–water partition coefficient (Wildman–Crippen LogP) is 2.27. The number of thiol groups is 1. The van der Waals surface area contributed by atoms with Crippen LogP contribution in [-0.2, 0) is 4.79 Å². The number of amides is 1. The minimum absolute atomic E-state index is 0.0900. The summed E-state index contributed by atoms with van der Waals surface area (Å²) in [5.41, 5.74) is 0. The molecule has 86 valence electrons. The molecule has 16 heavy (non-hydrogen) atoms. The zero-order valence-corrected chi connectivity index (χ0v) is 10.8. The van der Waals surface area contributed by atoms with Crippen LogP contribution in [0.2, 0.25) is 0 Å². The van der Waals surface area contributed by atoms with Crippen molar-refractivity contribution in [1.82, 2.24) is 4.98 Å². The molecule has 1 saturated heterocycles. The zero-order valence-electron chi connectivity index (χ0n) is 8.36. The molecule has 2 heterocycles. The fourth-order valence-electron chi connectivity index (χ4n) is 1.71. The summed E-state index contributed by atoms with van der Waals surface area (Å²) in [7, 11) is 0. The van der Waals surface area contributed by atoms with E-state index < -0.39 is 5.82 Å². The lowest BCUT2D eigenvalue weighted by Gasteiger charge is -2.15. The second kappa shape index (κ2) is 4.71. The molecule has 1 aromatic heterocycles. The van der Waals surface area contributed by atoms with Gasteiger partial charge >= 0.3 is 0 Å². The van der Waals surface area contributed by atoms with Crippen LogP contribution in [-0.4, -0.2) is 23.2 Å². The van der Waals surface area contributed by atoms with Crippen molar-refractivity contribution in [3.05, 3.63) is 22.6 Å². The summed E-state index contributed by atoms with van der Waals surface area (Å²) in [5, 5.41) is 0. The van der Waals surface area contributed by atoms with E-state index in [-0.39, 0.29) is 17.6 Å². The number of aromatic nitrogens is 1. The Bertz CT molecular complexity index is 429. The van der Waals surface area contributed by atoms with Crippen LogP contribution in [0.4, 0.5) is 10.2 Å². The van der Waals surface area contributed by atoms with Crippen molar-refractivity contribution in [2.45, 2.75) is 6.42 Å². The summed E-state index contributed by atoms with van der Waals surface area (Å²) in [6.07, 6.45) is 1.90. The van der Waals surface area contributed by atoms with Crippen molar-refractivity contribution in [1.29, 1.82) is 0 Å². The summed E-state index contributed by atoms with van der Waals surface area (Å²) >= 11 is 7.28. The smallest absolute Gasteiger partial charge is 0.228 e. The van der Waals surface area contributed by atoms with E-state index in [1.165, 1.54) is 17.2 Å². The van der Waals surface area contributed by atoms with Gasteiger partial charge in [-0.05, 0) is 33.7 Å². The topological polar surface area (TPSA) is 33.2 Å². The Morgan fingerprint density at radius 2 is 2.44 bits per heavy atom. The van der Waals surface area contributed by atoms with E-state index in [1.807, 2.05) is 0 Å². The minimum Gasteiger partial charge on any atom is -0.294 e. The quantitative estimate of drug-likeness (QED) is 0.850. The maximum Gasteiger partial charge on any atom is 0.228 e. The first-order chi connectivity index (χ1) is 7.61. The second-order valence-electron chi connectivity index (χ2n) is 3.72. The van der Waals surface area contributed by atoms with E-state index in [0.717, 1.165) is 0 Å². The standard InChI is InChI=1S/C10H10BrFN2OS/c11-7-2-8(12)10(13-3-7)14-4-6(5-16)1-9(14)15/h2-3,6,16H,1,4-5H2. The molecule has 1 aliphatic heterocycles. The van der Waals surface area contributed by atoms with E-state index >= 15 is 0 Å². The number of pyridine rings is 1. The predicted molar refractivity (Wildman–Crippen MR) is 66.2 cm³/mol. The normalized spacial score (nSPS) is 20.6. The molecule has 1 unspecified atom stereocenters. The molecule has 0 N–H and O–H groups in total. The molecule has 3 nitrogen and oxygen atoms in total. The highest BCUT2D eigenvalue weighted by Crippen LogP contribution is 2.27. The molecular formula is C10H10BrFN2OS. The van der Waals surface area contributed by atoms with Crippen LogP contribution < -0.4 is 4.90 Å². The van der Waals surface area contributed by atoms with Gasteiger partial charge in [0.25, 0.3) is 0 Å². The lowest BCUT2D eigenvalue weighted by Crippen LogP contribution is -2.26. The molecule has 6 heteroatoms. The highest BCUT2D eigenvalue weighted by Gasteiger charge is 2.31. The van der Waals surface area contributed by atoms with Gasteiger partial charge in [-0.25, -0.2) is 9.37 Å². The summed E-state index contributed by atoms with van der Waals surface area (Å²) in [4.78, 5) is 17.0. The van der Waals surface area contributed by atoms with E-state index in [1.54, 1.807) is 0 Å². The van der Waals surface area contributed by atoms with Crippen LogP contribution in [0.15, 0.2) is 16.7 Å². The number of carbonyl (C=O) groups excluding carboxylic acids is 1.